The number of carbonyl (C=O) groups is 1. The SMILES string of the molecule is CCCCCCCCCCCCC1CCC(C(=O)OC2CCC(C3NCC(CCCCCC)CN3)CC2)CC1. The van der Waals surface area contributed by atoms with E-state index in [-0.39, 0.29) is 18.0 Å². The molecule has 3 rings (SSSR count). The lowest BCUT2D eigenvalue weighted by molar-refractivity contribution is -0.157. The van der Waals surface area contributed by atoms with E-state index in [1.165, 1.54) is 142 Å². The molecule has 3 aliphatic rings. The monoisotopic (exact) mass is 547 g/mol. The summed E-state index contributed by atoms with van der Waals surface area (Å²) in [7, 11) is 0. The number of hydrogen-bond donors (Lipinski definition) is 2. The third-order valence-corrected chi connectivity index (χ3v) is 10.3. The summed E-state index contributed by atoms with van der Waals surface area (Å²) in [6.07, 6.45) is 32.0. The predicted octanol–water partition coefficient (Wildman–Crippen LogP) is 9.31. The summed E-state index contributed by atoms with van der Waals surface area (Å²) in [5, 5.41) is 7.62. The zero-order valence-electron chi connectivity index (χ0n) is 26.2. The van der Waals surface area contributed by atoms with Gasteiger partial charge in [-0.1, -0.05) is 110 Å². The molecular formula is C35H66N2O2. The lowest BCUT2D eigenvalue weighted by Gasteiger charge is -2.39. The van der Waals surface area contributed by atoms with Crippen LogP contribution in [0.1, 0.15) is 168 Å². The average Bonchev–Trinajstić information content (AvgIpc) is 2.97. The quantitative estimate of drug-likeness (QED) is 0.125. The fraction of sp³-hybridized carbons (Fsp3) is 0.971. The Labute approximate surface area is 243 Å². The fourth-order valence-electron chi connectivity index (χ4n) is 7.54. The summed E-state index contributed by atoms with van der Waals surface area (Å²) < 4.78 is 6.07. The van der Waals surface area contributed by atoms with E-state index >= 15 is 0 Å². The van der Waals surface area contributed by atoms with Gasteiger partial charge in [-0.25, -0.2) is 0 Å². The molecule has 0 aromatic carbocycles. The van der Waals surface area contributed by atoms with E-state index < -0.39 is 0 Å². The molecule has 0 spiro atoms. The molecule has 4 heteroatoms. The molecule has 228 valence electrons. The highest BCUT2D eigenvalue weighted by Crippen LogP contribution is 2.35. The van der Waals surface area contributed by atoms with Crippen molar-refractivity contribution in [2.75, 3.05) is 13.1 Å². The third-order valence-electron chi connectivity index (χ3n) is 10.3. The first kappa shape index (κ1) is 32.9. The Morgan fingerprint density at radius 2 is 1.08 bits per heavy atom. The summed E-state index contributed by atoms with van der Waals surface area (Å²) >= 11 is 0. The Balaban J connectivity index is 1.17. The lowest BCUT2D eigenvalue weighted by Crippen LogP contribution is -2.56. The Kier molecular flexibility index (Phi) is 17.1. The van der Waals surface area contributed by atoms with Gasteiger partial charge in [0.25, 0.3) is 0 Å². The molecule has 39 heavy (non-hydrogen) atoms. The van der Waals surface area contributed by atoms with Crippen LogP contribution < -0.4 is 10.6 Å². The van der Waals surface area contributed by atoms with Crippen molar-refractivity contribution in [3.05, 3.63) is 0 Å². The van der Waals surface area contributed by atoms with E-state index in [0.717, 1.165) is 37.5 Å². The zero-order valence-corrected chi connectivity index (χ0v) is 26.2. The van der Waals surface area contributed by atoms with Crippen molar-refractivity contribution in [2.24, 2.45) is 23.7 Å². The van der Waals surface area contributed by atoms with Gasteiger partial charge in [0.2, 0.25) is 0 Å². The predicted molar refractivity (Wildman–Crippen MR) is 166 cm³/mol. The fourth-order valence-corrected chi connectivity index (χ4v) is 7.54. The molecule has 2 N–H and O–H groups in total. The Morgan fingerprint density at radius 1 is 0.590 bits per heavy atom. The highest BCUT2D eigenvalue weighted by atomic mass is 16.5. The van der Waals surface area contributed by atoms with Crippen LogP contribution in [0.15, 0.2) is 0 Å². The molecule has 1 heterocycles. The van der Waals surface area contributed by atoms with Crippen LogP contribution in [0.25, 0.3) is 0 Å². The lowest BCUT2D eigenvalue weighted by atomic mass is 9.79. The van der Waals surface area contributed by atoms with Crippen LogP contribution in [0, 0.1) is 23.7 Å². The van der Waals surface area contributed by atoms with E-state index in [1.54, 1.807) is 0 Å². The smallest absolute Gasteiger partial charge is 0.309 e. The van der Waals surface area contributed by atoms with Crippen molar-refractivity contribution in [1.29, 1.82) is 0 Å². The molecule has 1 saturated heterocycles. The van der Waals surface area contributed by atoms with Crippen LogP contribution in [0.2, 0.25) is 0 Å². The van der Waals surface area contributed by atoms with Crippen molar-refractivity contribution >= 4 is 5.97 Å². The van der Waals surface area contributed by atoms with E-state index in [4.69, 9.17) is 4.74 Å². The van der Waals surface area contributed by atoms with Gasteiger partial charge in [-0.05, 0) is 75.5 Å². The number of esters is 1. The van der Waals surface area contributed by atoms with Gasteiger partial charge in [0.05, 0.1) is 12.1 Å². The molecule has 0 unspecified atom stereocenters. The van der Waals surface area contributed by atoms with E-state index in [9.17, 15) is 4.79 Å². The van der Waals surface area contributed by atoms with Crippen LogP contribution in [-0.4, -0.2) is 31.3 Å². The van der Waals surface area contributed by atoms with Crippen molar-refractivity contribution in [1.82, 2.24) is 10.6 Å². The Bertz CT molecular complexity index is 602. The first-order valence-electron chi connectivity index (χ1n) is 17.9. The summed E-state index contributed by atoms with van der Waals surface area (Å²) in [4.78, 5) is 12.9. The number of unbranched alkanes of at least 4 members (excludes halogenated alkanes) is 12. The maximum Gasteiger partial charge on any atom is 0.309 e. The topological polar surface area (TPSA) is 50.4 Å². The molecule has 4 nitrogen and oxygen atoms in total. The molecule has 2 aliphatic carbocycles. The van der Waals surface area contributed by atoms with E-state index in [1.807, 2.05) is 0 Å². The molecular weight excluding hydrogens is 480 g/mol. The molecule has 2 saturated carbocycles. The van der Waals surface area contributed by atoms with Gasteiger partial charge in [-0.15, -0.1) is 0 Å². The second-order valence-electron chi connectivity index (χ2n) is 13.7. The van der Waals surface area contributed by atoms with E-state index in [0.29, 0.717) is 12.1 Å². The summed E-state index contributed by atoms with van der Waals surface area (Å²) in [6.45, 7) is 6.91. The minimum absolute atomic E-state index is 0.121. The molecule has 3 fully saturated rings. The van der Waals surface area contributed by atoms with Gasteiger partial charge < -0.3 is 15.4 Å². The van der Waals surface area contributed by atoms with Gasteiger partial charge >= 0.3 is 5.97 Å². The van der Waals surface area contributed by atoms with Gasteiger partial charge in [-0.3, -0.25) is 4.79 Å². The van der Waals surface area contributed by atoms with Gasteiger partial charge in [0.15, 0.2) is 0 Å². The average molecular weight is 547 g/mol. The van der Waals surface area contributed by atoms with E-state index in [2.05, 4.69) is 24.5 Å². The third kappa shape index (κ3) is 13.3. The highest BCUT2D eigenvalue weighted by molar-refractivity contribution is 5.72. The maximum absolute atomic E-state index is 12.9. The number of ether oxygens (including phenoxy) is 1. The number of nitrogens with one attached hydrogen (secondary N) is 2. The minimum atomic E-state index is 0.121. The normalized spacial score (nSPS) is 29.8. The first-order chi connectivity index (χ1) is 19.2. The summed E-state index contributed by atoms with van der Waals surface area (Å²) in [6, 6.07) is 0. The maximum atomic E-state index is 12.9. The van der Waals surface area contributed by atoms with Crippen molar-refractivity contribution < 1.29 is 9.53 Å². The highest BCUT2D eigenvalue weighted by Gasteiger charge is 2.33. The van der Waals surface area contributed by atoms with Crippen LogP contribution in [0.4, 0.5) is 0 Å². The number of rotatable bonds is 19. The molecule has 1 aliphatic heterocycles. The first-order valence-corrected chi connectivity index (χ1v) is 17.9. The summed E-state index contributed by atoms with van der Waals surface area (Å²) in [5.74, 6) is 2.62. The Morgan fingerprint density at radius 3 is 1.64 bits per heavy atom. The molecule has 0 atom stereocenters. The molecule has 0 aromatic heterocycles. The van der Waals surface area contributed by atoms with Crippen LogP contribution >= 0.6 is 0 Å². The van der Waals surface area contributed by atoms with Crippen LogP contribution in [0.3, 0.4) is 0 Å². The second-order valence-corrected chi connectivity index (χ2v) is 13.7. The summed E-state index contributed by atoms with van der Waals surface area (Å²) in [5.41, 5.74) is 0. The van der Waals surface area contributed by atoms with Gasteiger partial charge in [0.1, 0.15) is 6.10 Å². The zero-order chi connectivity index (χ0) is 27.5. The second kappa shape index (κ2) is 20.3. The van der Waals surface area contributed by atoms with Crippen molar-refractivity contribution in [3.8, 4) is 0 Å². The van der Waals surface area contributed by atoms with Crippen LogP contribution in [0.5, 0.6) is 0 Å². The van der Waals surface area contributed by atoms with Crippen molar-refractivity contribution in [2.45, 2.75) is 180 Å². The minimum Gasteiger partial charge on any atom is -0.462 e. The number of hydrogen-bond acceptors (Lipinski definition) is 4. The standard InChI is InChI=1S/C35H66N2O2/c1-3-5-7-9-10-11-12-13-14-16-17-29-19-21-32(22-20-29)35(38)39-33-25-23-31(24-26-33)34-36-27-30(28-37-34)18-15-8-6-4-2/h29-34,36-37H,3-28H2,1-2H3. The van der Waals surface area contributed by atoms with Crippen molar-refractivity contribution in [3.63, 3.8) is 0 Å². The van der Waals surface area contributed by atoms with Crippen LogP contribution in [-0.2, 0) is 9.53 Å². The number of carbonyl (C=O) groups excluding carboxylic acids is 1. The largest absolute Gasteiger partial charge is 0.462 e. The molecule has 0 radical (unpaired) electrons. The van der Waals surface area contributed by atoms with Gasteiger partial charge in [-0.2, -0.15) is 0 Å². The molecule has 0 amide bonds. The van der Waals surface area contributed by atoms with Gasteiger partial charge in [0, 0.05) is 13.1 Å². The Hall–Kier alpha value is -0.610. The molecule has 0 aromatic rings. The molecule has 0 bridgehead atoms.